The van der Waals surface area contributed by atoms with Gasteiger partial charge in [0, 0.05) is 12.1 Å². The van der Waals surface area contributed by atoms with Crippen LogP contribution < -0.4 is 5.32 Å². The molecule has 1 aromatic rings. The Morgan fingerprint density at radius 3 is 2.76 bits per heavy atom. The Kier molecular flexibility index (Phi) is 5.90. The van der Waals surface area contributed by atoms with Gasteiger partial charge in [-0.15, -0.1) is 0 Å². The van der Waals surface area contributed by atoms with E-state index in [9.17, 15) is 9.90 Å². The lowest BCUT2D eigenvalue weighted by Crippen LogP contribution is -2.32. The normalized spacial score (nSPS) is 16.0. The van der Waals surface area contributed by atoms with Gasteiger partial charge in [0.05, 0.1) is 6.10 Å². The van der Waals surface area contributed by atoms with Crippen molar-refractivity contribution in [1.29, 1.82) is 0 Å². The molecule has 136 valence electrons. The Morgan fingerprint density at radius 2 is 2.12 bits per heavy atom. The van der Waals surface area contributed by atoms with E-state index in [0.717, 1.165) is 28.0 Å². The Balaban J connectivity index is 2.12. The summed E-state index contributed by atoms with van der Waals surface area (Å²) in [5.41, 5.74) is 3.22. The highest BCUT2D eigenvalue weighted by atomic mass is 16.6. The fourth-order valence-electron chi connectivity index (χ4n) is 2.46. The summed E-state index contributed by atoms with van der Waals surface area (Å²) in [5, 5.41) is 12.5. The standard InChI is InChI=1S/C20H27NO4/c1-13(22)17-10-18(14(2)24-12-17)16-8-6-7-15(9-16)11-21-19(23)25-20(3,4)5/h6-10,13,22H,11-12H2,1-5H3,(H,21,23)/t13-/m1/s1. The molecule has 0 bridgehead atoms. The number of aliphatic hydroxyl groups excluding tert-OH is 1. The summed E-state index contributed by atoms with van der Waals surface area (Å²) >= 11 is 0. The zero-order chi connectivity index (χ0) is 18.6. The Labute approximate surface area is 149 Å². The lowest BCUT2D eigenvalue weighted by molar-refractivity contribution is 0.0523. The second-order valence-electron chi connectivity index (χ2n) is 7.21. The van der Waals surface area contributed by atoms with Crippen molar-refractivity contribution in [2.75, 3.05) is 6.61 Å². The van der Waals surface area contributed by atoms with Crippen molar-refractivity contribution in [3.05, 3.63) is 52.8 Å². The van der Waals surface area contributed by atoms with E-state index < -0.39 is 17.8 Å². The molecule has 5 nitrogen and oxygen atoms in total. The number of rotatable bonds is 4. The van der Waals surface area contributed by atoms with Crippen molar-refractivity contribution in [1.82, 2.24) is 5.32 Å². The van der Waals surface area contributed by atoms with Gasteiger partial charge in [-0.1, -0.05) is 18.2 Å². The fraction of sp³-hybridized carbons (Fsp3) is 0.450. The van der Waals surface area contributed by atoms with Crippen LogP contribution in [0.15, 0.2) is 41.7 Å². The third-order valence-corrected chi connectivity index (χ3v) is 3.77. The van der Waals surface area contributed by atoms with Crippen LogP contribution in [0.4, 0.5) is 4.79 Å². The third kappa shape index (κ3) is 5.64. The van der Waals surface area contributed by atoms with Crippen LogP contribution in [0.5, 0.6) is 0 Å². The predicted molar refractivity (Wildman–Crippen MR) is 97.8 cm³/mol. The maximum atomic E-state index is 11.8. The number of carbonyl (C=O) groups excluding carboxylic acids is 1. The van der Waals surface area contributed by atoms with Gasteiger partial charge in [0.15, 0.2) is 0 Å². The molecular weight excluding hydrogens is 318 g/mol. The first kappa shape index (κ1) is 19.1. The first-order valence-corrected chi connectivity index (χ1v) is 8.44. The van der Waals surface area contributed by atoms with Crippen molar-refractivity contribution < 1.29 is 19.4 Å². The minimum Gasteiger partial charge on any atom is -0.493 e. The molecule has 0 saturated carbocycles. The fourth-order valence-corrected chi connectivity index (χ4v) is 2.46. The zero-order valence-electron chi connectivity index (χ0n) is 15.6. The number of hydrogen-bond acceptors (Lipinski definition) is 4. The molecule has 1 aliphatic rings. The molecule has 5 heteroatoms. The highest BCUT2D eigenvalue weighted by Gasteiger charge is 2.17. The zero-order valence-corrected chi connectivity index (χ0v) is 15.6. The number of amides is 1. The first-order chi connectivity index (χ1) is 11.7. The summed E-state index contributed by atoms with van der Waals surface area (Å²) in [5.74, 6) is 0.821. The largest absolute Gasteiger partial charge is 0.493 e. The molecule has 25 heavy (non-hydrogen) atoms. The van der Waals surface area contributed by atoms with Crippen LogP contribution in [0, 0.1) is 0 Å². The number of benzene rings is 1. The maximum Gasteiger partial charge on any atom is 0.407 e. The highest BCUT2D eigenvalue weighted by Crippen LogP contribution is 2.28. The molecule has 1 heterocycles. The molecule has 2 rings (SSSR count). The summed E-state index contributed by atoms with van der Waals surface area (Å²) < 4.78 is 10.9. The summed E-state index contributed by atoms with van der Waals surface area (Å²) in [6, 6.07) is 7.87. The van der Waals surface area contributed by atoms with Gasteiger partial charge in [-0.05, 0) is 63.5 Å². The summed E-state index contributed by atoms with van der Waals surface area (Å²) in [4.78, 5) is 11.8. The third-order valence-electron chi connectivity index (χ3n) is 3.77. The molecule has 0 spiro atoms. The number of alkyl carbamates (subject to hydrolysis) is 1. The molecule has 2 N–H and O–H groups in total. The van der Waals surface area contributed by atoms with Gasteiger partial charge in [0.2, 0.25) is 0 Å². The number of nitrogens with one attached hydrogen (secondary N) is 1. The average molecular weight is 345 g/mol. The number of allylic oxidation sites excluding steroid dienone is 3. The number of ether oxygens (including phenoxy) is 2. The van der Waals surface area contributed by atoms with E-state index in [1.165, 1.54) is 0 Å². The van der Waals surface area contributed by atoms with Crippen LogP contribution >= 0.6 is 0 Å². The molecule has 0 aromatic heterocycles. The van der Waals surface area contributed by atoms with Gasteiger partial charge in [-0.3, -0.25) is 0 Å². The smallest absolute Gasteiger partial charge is 0.407 e. The Bertz CT molecular complexity index is 696. The summed E-state index contributed by atoms with van der Waals surface area (Å²) in [7, 11) is 0. The molecule has 1 aliphatic heterocycles. The minimum atomic E-state index is -0.542. The molecule has 0 fully saturated rings. The molecule has 0 radical (unpaired) electrons. The minimum absolute atomic E-state index is 0.378. The van der Waals surface area contributed by atoms with Crippen molar-refractivity contribution >= 4 is 11.7 Å². The van der Waals surface area contributed by atoms with Crippen molar-refractivity contribution in [3.63, 3.8) is 0 Å². The lowest BCUT2D eigenvalue weighted by Gasteiger charge is -2.21. The predicted octanol–water partition coefficient (Wildman–Crippen LogP) is 3.78. The number of hydrogen-bond donors (Lipinski definition) is 2. The Morgan fingerprint density at radius 1 is 1.40 bits per heavy atom. The van der Waals surface area contributed by atoms with Crippen LogP contribution in [-0.4, -0.2) is 29.5 Å². The van der Waals surface area contributed by atoms with Crippen molar-refractivity contribution in [3.8, 4) is 0 Å². The topological polar surface area (TPSA) is 67.8 Å². The van der Waals surface area contributed by atoms with Gasteiger partial charge < -0.3 is 19.9 Å². The molecule has 1 aromatic carbocycles. The molecule has 0 saturated heterocycles. The second kappa shape index (κ2) is 7.74. The Hall–Kier alpha value is -2.27. The SMILES string of the molecule is CC1=C(c2cccc(CNC(=O)OC(C)(C)C)c2)C=C([C@@H](C)O)CO1. The number of aliphatic hydroxyl groups is 1. The molecular formula is C20H27NO4. The van der Waals surface area contributed by atoms with Crippen LogP contribution in [0.2, 0.25) is 0 Å². The van der Waals surface area contributed by atoms with Gasteiger partial charge in [-0.2, -0.15) is 0 Å². The van der Waals surface area contributed by atoms with Crippen LogP contribution in [0.25, 0.3) is 5.57 Å². The van der Waals surface area contributed by atoms with Gasteiger partial charge in [0.25, 0.3) is 0 Å². The van der Waals surface area contributed by atoms with E-state index in [1.54, 1.807) is 6.92 Å². The lowest BCUT2D eigenvalue weighted by atomic mass is 9.97. The van der Waals surface area contributed by atoms with E-state index in [4.69, 9.17) is 9.47 Å². The quantitative estimate of drug-likeness (QED) is 0.871. The van der Waals surface area contributed by atoms with E-state index in [2.05, 4.69) is 5.32 Å². The molecule has 1 amide bonds. The molecule has 1 atom stereocenters. The van der Waals surface area contributed by atoms with E-state index in [1.807, 2.05) is 58.0 Å². The van der Waals surface area contributed by atoms with Crippen LogP contribution in [0.3, 0.4) is 0 Å². The van der Waals surface area contributed by atoms with Gasteiger partial charge in [-0.25, -0.2) is 4.79 Å². The van der Waals surface area contributed by atoms with E-state index in [0.29, 0.717) is 13.2 Å². The van der Waals surface area contributed by atoms with Crippen LogP contribution in [-0.2, 0) is 16.0 Å². The molecule has 0 aliphatic carbocycles. The van der Waals surface area contributed by atoms with Gasteiger partial charge >= 0.3 is 6.09 Å². The summed E-state index contributed by atoms with van der Waals surface area (Å²) in [6.07, 6.45) is 0.995. The second-order valence-corrected chi connectivity index (χ2v) is 7.21. The average Bonchev–Trinajstić information content (AvgIpc) is 2.52. The van der Waals surface area contributed by atoms with E-state index in [-0.39, 0.29) is 0 Å². The van der Waals surface area contributed by atoms with Gasteiger partial charge in [0.1, 0.15) is 18.0 Å². The monoisotopic (exact) mass is 345 g/mol. The maximum absolute atomic E-state index is 11.8. The van der Waals surface area contributed by atoms with Crippen molar-refractivity contribution in [2.24, 2.45) is 0 Å². The van der Waals surface area contributed by atoms with E-state index >= 15 is 0 Å². The van der Waals surface area contributed by atoms with Crippen molar-refractivity contribution in [2.45, 2.75) is 52.9 Å². The molecule has 0 unspecified atom stereocenters. The first-order valence-electron chi connectivity index (χ1n) is 8.44. The number of carbonyl (C=O) groups is 1. The van der Waals surface area contributed by atoms with Crippen LogP contribution in [0.1, 0.15) is 45.7 Å². The summed E-state index contributed by atoms with van der Waals surface area (Å²) in [6.45, 7) is 9.92. The highest BCUT2D eigenvalue weighted by molar-refractivity contribution is 5.77.